The summed E-state index contributed by atoms with van der Waals surface area (Å²) in [4.78, 5) is 13.9. The SMILES string of the molecule is CCCN(C(=O)OC(C)(C)C)[C@H](C)c1ccc(F)cc1. The summed E-state index contributed by atoms with van der Waals surface area (Å²) in [5.41, 5.74) is 0.372. The lowest BCUT2D eigenvalue weighted by atomic mass is 10.1. The van der Waals surface area contributed by atoms with Crippen molar-refractivity contribution in [3.05, 3.63) is 35.6 Å². The maximum absolute atomic E-state index is 13.0. The van der Waals surface area contributed by atoms with E-state index in [2.05, 4.69) is 0 Å². The second kappa shape index (κ2) is 6.73. The molecule has 0 bridgehead atoms. The smallest absolute Gasteiger partial charge is 0.410 e. The zero-order valence-electron chi connectivity index (χ0n) is 12.9. The molecule has 0 radical (unpaired) electrons. The van der Waals surface area contributed by atoms with Gasteiger partial charge in [-0.25, -0.2) is 9.18 Å². The molecule has 20 heavy (non-hydrogen) atoms. The van der Waals surface area contributed by atoms with Crippen molar-refractivity contribution in [1.82, 2.24) is 4.90 Å². The summed E-state index contributed by atoms with van der Waals surface area (Å²) in [5.74, 6) is -0.278. The molecule has 1 aromatic carbocycles. The quantitative estimate of drug-likeness (QED) is 0.811. The Morgan fingerprint density at radius 3 is 2.30 bits per heavy atom. The van der Waals surface area contributed by atoms with Crippen LogP contribution in [0, 0.1) is 5.82 Å². The molecule has 1 rings (SSSR count). The van der Waals surface area contributed by atoms with Gasteiger partial charge in [0.05, 0.1) is 6.04 Å². The molecule has 0 aliphatic carbocycles. The molecule has 0 aliphatic rings. The van der Waals surface area contributed by atoms with Gasteiger partial charge in [0.15, 0.2) is 0 Å². The van der Waals surface area contributed by atoms with Crippen LogP contribution < -0.4 is 0 Å². The number of amides is 1. The summed E-state index contributed by atoms with van der Waals surface area (Å²) < 4.78 is 18.4. The molecule has 0 heterocycles. The first-order valence-electron chi connectivity index (χ1n) is 6.99. The van der Waals surface area contributed by atoms with Crippen molar-refractivity contribution in [2.45, 2.75) is 52.7 Å². The van der Waals surface area contributed by atoms with Crippen LogP contribution in [-0.2, 0) is 4.74 Å². The number of carbonyl (C=O) groups is 1. The number of ether oxygens (including phenoxy) is 1. The van der Waals surface area contributed by atoms with E-state index in [1.807, 2.05) is 34.6 Å². The fraction of sp³-hybridized carbons (Fsp3) is 0.562. The molecule has 0 N–H and O–H groups in total. The standard InChI is InChI=1S/C16H24FNO2/c1-6-11-18(15(19)20-16(3,4)5)12(2)13-7-9-14(17)10-8-13/h7-10,12H,6,11H2,1-5H3/t12-/m1/s1. The molecule has 0 saturated heterocycles. The number of rotatable bonds is 4. The van der Waals surface area contributed by atoms with Crippen molar-refractivity contribution in [2.75, 3.05) is 6.54 Å². The minimum Gasteiger partial charge on any atom is -0.444 e. The van der Waals surface area contributed by atoms with Crippen molar-refractivity contribution in [1.29, 1.82) is 0 Å². The Morgan fingerprint density at radius 1 is 1.30 bits per heavy atom. The van der Waals surface area contributed by atoms with Gasteiger partial charge in [-0.2, -0.15) is 0 Å². The van der Waals surface area contributed by atoms with Gasteiger partial charge in [-0.1, -0.05) is 19.1 Å². The number of hydrogen-bond donors (Lipinski definition) is 0. The van der Waals surface area contributed by atoms with Gasteiger partial charge >= 0.3 is 6.09 Å². The molecular weight excluding hydrogens is 257 g/mol. The Morgan fingerprint density at radius 2 is 1.85 bits per heavy atom. The normalized spacial score (nSPS) is 12.9. The summed E-state index contributed by atoms with van der Waals surface area (Å²) in [7, 11) is 0. The zero-order valence-corrected chi connectivity index (χ0v) is 12.9. The number of hydrogen-bond acceptors (Lipinski definition) is 2. The third-order valence-corrected chi connectivity index (χ3v) is 2.91. The van der Waals surface area contributed by atoms with Gasteiger partial charge < -0.3 is 9.64 Å². The van der Waals surface area contributed by atoms with E-state index in [1.54, 1.807) is 17.0 Å². The number of halogens is 1. The van der Waals surface area contributed by atoms with Gasteiger partial charge in [0.25, 0.3) is 0 Å². The Kier molecular flexibility index (Phi) is 5.54. The maximum Gasteiger partial charge on any atom is 0.410 e. The van der Waals surface area contributed by atoms with E-state index in [4.69, 9.17) is 4.74 Å². The molecule has 0 unspecified atom stereocenters. The molecule has 1 aromatic rings. The van der Waals surface area contributed by atoms with E-state index < -0.39 is 5.60 Å². The van der Waals surface area contributed by atoms with Crippen LogP contribution in [0.4, 0.5) is 9.18 Å². The number of carbonyl (C=O) groups excluding carboxylic acids is 1. The second-order valence-electron chi connectivity index (χ2n) is 5.90. The third kappa shape index (κ3) is 4.83. The average molecular weight is 281 g/mol. The van der Waals surface area contributed by atoms with Gasteiger partial charge in [0, 0.05) is 6.54 Å². The molecule has 112 valence electrons. The highest BCUT2D eigenvalue weighted by Gasteiger charge is 2.26. The number of nitrogens with zero attached hydrogens (tertiary/aromatic N) is 1. The fourth-order valence-corrected chi connectivity index (χ4v) is 1.93. The molecule has 0 spiro atoms. The average Bonchev–Trinajstić information content (AvgIpc) is 2.34. The topological polar surface area (TPSA) is 29.5 Å². The lowest BCUT2D eigenvalue weighted by molar-refractivity contribution is 0.0173. The Labute approximate surface area is 120 Å². The van der Waals surface area contributed by atoms with Crippen LogP contribution in [0.1, 0.15) is 52.6 Å². The van der Waals surface area contributed by atoms with Crippen molar-refractivity contribution < 1.29 is 13.9 Å². The first-order chi connectivity index (χ1) is 9.24. The summed E-state index contributed by atoms with van der Waals surface area (Å²) in [6.45, 7) is 10.1. The molecule has 0 aromatic heterocycles. The first kappa shape index (κ1) is 16.5. The van der Waals surface area contributed by atoms with E-state index >= 15 is 0 Å². The molecule has 0 aliphatic heterocycles. The highest BCUT2D eigenvalue weighted by Crippen LogP contribution is 2.23. The van der Waals surface area contributed by atoms with Gasteiger partial charge in [0.1, 0.15) is 11.4 Å². The van der Waals surface area contributed by atoms with Crippen LogP contribution in [0.3, 0.4) is 0 Å². The van der Waals surface area contributed by atoms with E-state index in [9.17, 15) is 9.18 Å². The van der Waals surface area contributed by atoms with E-state index in [-0.39, 0.29) is 18.0 Å². The molecule has 0 fully saturated rings. The monoisotopic (exact) mass is 281 g/mol. The van der Waals surface area contributed by atoms with Gasteiger partial charge in [0.2, 0.25) is 0 Å². The van der Waals surface area contributed by atoms with Crippen LogP contribution in [-0.4, -0.2) is 23.1 Å². The van der Waals surface area contributed by atoms with E-state index in [1.165, 1.54) is 12.1 Å². The Hall–Kier alpha value is -1.58. The highest BCUT2D eigenvalue weighted by atomic mass is 19.1. The molecule has 1 atom stereocenters. The van der Waals surface area contributed by atoms with Gasteiger partial charge in [-0.05, 0) is 51.8 Å². The predicted molar refractivity (Wildman–Crippen MR) is 78.0 cm³/mol. The van der Waals surface area contributed by atoms with Gasteiger partial charge in [-0.3, -0.25) is 0 Å². The van der Waals surface area contributed by atoms with E-state index in [0.29, 0.717) is 6.54 Å². The van der Waals surface area contributed by atoms with Crippen molar-refractivity contribution in [3.63, 3.8) is 0 Å². The molecule has 3 nitrogen and oxygen atoms in total. The third-order valence-electron chi connectivity index (χ3n) is 2.91. The lowest BCUT2D eigenvalue weighted by Gasteiger charge is -2.31. The largest absolute Gasteiger partial charge is 0.444 e. The minimum absolute atomic E-state index is 0.148. The summed E-state index contributed by atoms with van der Waals surface area (Å²) >= 11 is 0. The van der Waals surface area contributed by atoms with Crippen LogP contribution in [0.15, 0.2) is 24.3 Å². The van der Waals surface area contributed by atoms with Crippen molar-refractivity contribution in [3.8, 4) is 0 Å². The lowest BCUT2D eigenvalue weighted by Crippen LogP contribution is -2.38. The summed E-state index contributed by atoms with van der Waals surface area (Å²) in [6, 6.07) is 6.07. The maximum atomic E-state index is 13.0. The number of benzene rings is 1. The highest BCUT2D eigenvalue weighted by molar-refractivity contribution is 5.68. The fourth-order valence-electron chi connectivity index (χ4n) is 1.93. The van der Waals surface area contributed by atoms with Gasteiger partial charge in [-0.15, -0.1) is 0 Å². The van der Waals surface area contributed by atoms with Crippen molar-refractivity contribution >= 4 is 6.09 Å². The van der Waals surface area contributed by atoms with Crippen LogP contribution in [0.2, 0.25) is 0 Å². The second-order valence-corrected chi connectivity index (χ2v) is 5.90. The molecule has 0 saturated carbocycles. The molecule has 4 heteroatoms. The Bertz CT molecular complexity index is 437. The Balaban J connectivity index is 2.89. The molecule has 1 amide bonds. The van der Waals surface area contributed by atoms with Crippen LogP contribution in [0.5, 0.6) is 0 Å². The summed E-state index contributed by atoms with van der Waals surface area (Å²) in [5, 5.41) is 0. The zero-order chi connectivity index (χ0) is 15.3. The first-order valence-corrected chi connectivity index (χ1v) is 6.99. The minimum atomic E-state index is -0.522. The summed E-state index contributed by atoms with van der Waals surface area (Å²) in [6.07, 6.45) is 0.501. The van der Waals surface area contributed by atoms with Crippen LogP contribution >= 0.6 is 0 Å². The molecular formula is C16H24FNO2. The predicted octanol–water partition coefficient (Wildman–Crippen LogP) is 4.53. The van der Waals surface area contributed by atoms with Crippen molar-refractivity contribution in [2.24, 2.45) is 0 Å². The van der Waals surface area contributed by atoms with Crippen LogP contribution in [0.25, 0.3) is 0 Å². The van der Waals surface area contributed by atoms with E-state index in [0.717, 1.165) is 12.0 Å².